The molecule has 1 aromatic carbocycles. The number of aliphatic hydroxyl groups is 1. The first-order valence-corrected chi connectivity index (χ1v) is 6.95. The lowest BCUT2D eigenvalue weighted by molar-refractivity contribution is 0.0696. The van der Waals surface area contributed by atoms with E-state index in [0.29, 0.717) is 10.9 Å². The number of hydrogen-bond donors (Lipinski definition) is 3. The Labute approximate surface area is 122 Å². The lowest BCUT2D eigenvalue weighted by Crippen LogP contribution is -2.34. The van der Waals surface area contributed by atoms with Crippen molar-refractivity contribution in [3.63, 3.8) is 0 Å². The topological polar surface area (TPSA) is 69.6 Å². The van der Waals surface area contributed by atoms with Crippen molar-refractivity contribution < 1.29 is 15.0 Å². The van der Waals surface area contributed by atoms with Crippen LogP contribution in [0.2, 0.25) is 0 Å². The quantitative estimate of drug-likeness (QED) is 0.774. The predicted octanol–water partition coefficient (Wildman–Crippen LogP) is 3.36. The van der Waals surface area contributed by atoms with Crippen LogP contribution in [0, 0.1) is 5.41 Å². The third-order valence-corrected chi connectivity index (χ3v) is 3.66. The Morgan fingerprint density at radius 2 is 2.05 bits per heavy atom. The molecule has 0 aliphatic carbocycles. The molecular formula is C14H20BrNO3. The van der Waals surface area contributed by atoms with Crippen LogP contribution in [0.1, 0.15) is 37.6 Å². The van der Waals surface area contributed by atoms with Crippen molar-refractivity contribution in [1.82, 2.24) is 0 Å². The van der Waals surface area contributed by atoms with E-state index in [1.807, 2.05) is 0 Å². The molecule has 0 saturated heterocycles. The number of hydrogen-bond acceptors (Lipinski definition) is 3. The van der Waals surface area contributed by atoms with E-state index < -0.39 is 5.97 Å². The van der Waals surface area contributed by atoms with E-state index >= 15 is 0 Å². The summed E-state index contributed by atoms with van der Waals surface area (Å²) in [6.45, 7) is 6.41. The van der Waals surface area contributed by atoms with Crippen LogP contribution in [0.3, 0.4) is 0 Å². The molecule has 0 bridgehead atoms. The Balaban J connectivity index is 2.92. The van der Waals surface area contributed by atoms with E-state index in [0.717, 1.165) is 5.69 Å². The number of anilines is 1. The van der Waals surface area contributed by atoms with Gasteiger partial charge in [-0.3, -0.25) is 0 Å². The van der Waals surface area contributed by atoms with Crippen molar-refractivity contribution in [2.24, 2.45) is 5.41 Å². The summed E-state index contributed by atoms with van der Waals surface area (Å²) < 4.78 is 0.543. The van der Waals surface area contributed by atoms with Gasteiger partial charge in [-0.25, -0.2) is 4.79 Å². The standard InChI is InChI=1S/C14H20BrNO3/c1-14(2,3)12(6-7-17)16-9-4-5-10(13(18)19)11(15)8-9/h4-5,8,12,16-17H,6-7H2,1-3H3,(H,18,19). The largest absolute Gasteiger partial charge is 0.478 e. The number of halogens is 1. The lowest BCUT2D eigenvalue weighted by Gasteiger charge is -2.32. The van der Waals surface area contributed by atoms with Gasteiger partial charge in [-0.15, -0.1) is 0 Å². The summed E-state index contributed by atoms with van der Waals surface area (Å²) in [5.74, 6) is -0.957. The number of carbonyl (C=O) groups is 1. The Bertz CT molecular complexity index is 454. The number of benzene rings is 1. The Morgan fingerprint density at radius 3 is 2.47 bits per heavy atom. The molecule has 0 aliphatic heterocycles. The minimum Gasteiger partial charge on any atom is -0.478 e. The molecule has 1 unspecified atom stereocenters. The van der Waals surface area contributed by atoms with Crippen LogP contribution in [-0.4, -0.2) is 28.8 Å². The maximum atomic E-state index is 10.9. The second-order valence-electron chi connectivity index (χ2n) is 5.58. The zero-order valence-electron chi connectivity index (χ0n) is 11.4. The zero-order valence-corrected chi connectivity index (χ0v) is 13.0. The van der Waals surface area contributed by atoms with Crippen molar-refractivity contribution >= 4 is 27.6 Å². The Morgan fingerprint density at radius 1 is 1.42 bits per heavy atom. The molecule has 3 N–H and O–H groups in total. The minimum absolute atomic E-state index is 0.000670. The van der Waals surface area contributed by atoms with Crippen LogP contribution in [-0.2, 0) is 0 Å². The summed E-state index contributed by atoms with van der Waals surface area (Å²) in [5.41, 5.74) is 1.07. The number of rotatable bonds is 5. The highest BCUT2D eigenvalue weighted by Gasteiger charge is 2.24. The van der Waals surface area contributed by atoms with Crippen LogP contribution >= 0.6 is 15.9 Å². The SMILES string of the molecule is CC(C)(C)C(CCO)Nc1ccc(C(=O)O)c(Br)c1. The van der Waals surface area contributed by atoms with Gasteiger partial charge in [-0.05, 0) is 46.0 Å². The van der Waals surface area contributed by atoms with Crippen molar-refractivity contribution in [2.75, 3.05) is 11.9 Å². The van der Waals surface area contributed by atoms with Gasteiger partial charge in [0.1, 0.15) is 0 Å². The average Bonchev–Trinajstić information content (AvgIpc) is 2.26. The first-order valence-electron chi connectivity index (χ1n) is 6.16. The molecule has 19 heavy (non-hydrogen) atoms. The first-order chi connectivity index (χ1) is 8.75. The highest BCUT2D eigenvalue weighted by molar-refractivity contribution is 9.10. The average molecular weight is 330 g/mol. The second-order valence-corrected chi connectivity index (χ2v) is 6.43. The van der Waals surface area contributed by atoms with Gasteiger partial charge in [0.25, 0.3) is 0 Å². The predicted molar refractivity (Wildman–Crippen MR) is 79.7 cm³/mol. The van der Waals surface area contributed by atoms with Gasteiger partial charge in [-0.2, -0.15) is 0 Å². The normalized spacial score (nSPS) is 13.1. The molecule has 0 radical (unpaired) electrons. The van der Waals surface area contributed by atoms with Gasteiger partial charge in [0.15, 0.2) is 0 Å². The van der Waals surface area contributed by atoms with Gasteiger partial charge in [0.2, 0.25) is 0 Å². The van der Waals surface area contributed by atoms with E-state index in [-0.39, 0.29) is 23.6 Å². The van der Waals surface area contributed by atoms with Crippen LogP contribution < -0.4 is 5.32 Å². The number of nitrogens with one attached hydrogen (secondary N) is 1. The minimum atomic E-state index is -0.957. The molecule has 1 atom stereocenters. The van der Waals surface area contributed by atoms with Gasteiger partial charge < -0.3 is 15.5 Å². The molecule has 4 nitrogen and oxygen atoms in total. The number of aromatic carboxylic acids is 1. The first kappa shape index (κ1) is 16.0. The molecule has 0 aromatic heterocycles. The van der Waals surface area contributed by atoms with E-state index in [1.165, 1.54) is 0 Å². The van der Waals surface area contributed by atoms with E-state index in [9.17, 15) is 4.79 Å². The molecule has 0 fully saturated rings. The number of carboxylic acid groups (broad SMARTS) is 1. The Kier molecular flexibility index (Phi) is 5.38. The molecule has 106 valence electrons. The third-order valence-electron chi connectivity index (χ3n) is 3.00. The van der Waals surface area contributed by atoms with Crippen molar-refractivity contribution in [3.8, 4) is 0 Å². The fourth-order valence-corrected chi connectivity index (χ4v) is 2.38. The fraction of sp³-hybridized carbons (Fsp3) is 0.500. The molecule has 0 heterocycles. The highest BCUT2D eigenvalue weighted by atomic mass is 79.9. The van der Waals surface area contributed by atoms with E-state index in [1.54, 1.807) is 18.2 Å². The smallest absolute Gasteiger partial charge is 0.336 e. The Hall–Kier alpha value is -1.07. The van der Waals surface area contributed by atoms with Gasteiger partial charge in [-0.1, -0.05) is 20.8 Å². The third kappa shape index (κ3) is 4.51. The van der Waals surface area contributed by atoms with Gasteiger partial charge in [0.05, 0.1) is 5.56 Å². The molecule has 5 heteroatoms. The zero-order chi connectivity index (χ0) is 14.6. The van der Waals surface area contributed by atoms with Crippen LogP contribution in [0.4, 0.5) is 5.69 Å². The maximum absolute atomic E-state index is 10.9. The molecule has 0 aliphatic rings. The van der Waals surface area contributed by atoms with Gasteiger partial charge >= 0.3 is 5.97 Å². The van der Waals surface area contributed by atoms with Crippen LogP contribution in [0.5, 0.6) is 0 Å². The summed E-state index contributed by atoms with van der Waals surface area (Å²) in [7, 11) is 0. The molecule has 0 spiro atoms. The number of aliphatic hydroxyl groups excluding tert-OH is 1. The summed E-state index contributed by atoms with van der Waals surface area (Å²) in [4.78, 5) is 10.9. The fourth-order valence-electron chi connectivity index (χ4n) is 1.83. The van der Waals surface area contributed by atoms with Crippen LogP contribution in [0.15, 0.2) is 22.7 Å². The molecule has 0 amide bonds. The summed E-state index contributed by atoms with van der Waals surface area (Å²) in [5, 5.41) is 21.4. The van der Waals surface area contributed by atoms with Crippen LogP contribution in [0.25, 0.3) is 0 Å². The maximum Gasteiger partial charge on any atom is 0.336 e. The highest BCUT2D eigenvalue weighted by Crippen LogP contribution is 2.28. The van der Waals surface area contributed by atoms with E-state index in [4.69, 9.17) is 10.2 Å². The summed E-state index contributed by atoms with van der Waals surface area (Å²) in [6, 6.07) is 5.16. The second kappa shape index (κ2) is 6.39. The van der Waals surface area contributed by atoms with E-state index in [2.05, 4.69) is 42.0 Å². The number of carboxylic acids is 1. The van der Waals surface area contributed by atoms with Crippen molar-refractivity contribution in [1.29, 1.82) is 0 Å². The van der Waals surface area contributed by atoms with Crippen molar-refractivity contribution in [2.45, 2.75) is 33.2 Å². The summed E-state index contributed by atoms with van der Waals surface area (Å²) in [6.07, 6.45) is 0.641. The van der Waals surface area contributed by atoms with Crippen molar-refractivity contribution in [3.05, 3.63) is 28.2 Å². The monoisotopic (exact) mass is 329 g/mol. The molecule has 0 saturated carbocycles. The van der Waals surface area contributed by atoms with Gasteiger partial charge in [0, 0.05) is 22.8 Å². The molecule has 1 aromatic rings. The summed E-state index contributed by atoms with van der Waals surface area (Å²) >= 11 is 3.26. The lowest BCUT2D eigenvalue weighted by atomic mass is 9.85. The molecular weight excluding hydrogens is 310 g/mol. The molecule has 1 rings (SSSR count).